The summed E-state index contributed by atoms with van der Waals surface area (Å²) in [6, 6.07) is 29.5. The van der Waals surface area contributed by atoms with Crippen LogP contribution in [0.15, 0.2) is 109 Å². The van der Waals surface area contributed by atoms with Crippen molar-refractivity contribution in [1.29, 1.82) is 0 Å². The standard InChI is InChI=1S/C29H22N2O2/c32-28-25-22(19-9-3-1-4-10-19)16-17-23(20-11-5-2-6-12-20)26(25)29(33)31(28)24-15-7-13-21-14-8-18-30-27(21)24/h1-18,22-23,25-26H/t22-,23+,25-,26-/m1/s1. The fraction of sp³-hybridized carbons (Fsp3) is 0.138. The minimum Gasteiger partial charge on any atom is -0.274 e. The van der Waals surface area contributed by atoms with E-state index in [2.05, 4.69) is 17.1 Å². The smallest absolute Gasteiger partial charge is 0.238 e. The van der Waals surface area contributed by atoms with Crippen LogP contribution in [0, 0.1) is 11.8 Å². The number of aromatic nitrogens is 1. The highest BCUT2D eigenvalue weighted by Crippen LogP contribution is 2.50. The van der Waals surface area contributed by atoms with Gasteiger partial charge in [-0.05, 0) is 23.3 Å². The molecule has 0 N–H and O–H groups in total. The maximum Gasteiger partial charge on any atom is 0.238 e. The van der Waals surface area contributed by atoms with Crippen LogP contribution in [-0.4, -0.2) is 16.8 Å². The summed E-state index contributed by atoms with van der Waals surface area (Å²) in [5, 5.41) is 0.905. The molecule has 1 aliphatic carbocycles. The van der Waals surface area contributed by atoms with Gasteiger partial charge in [0.1, 0.15) is 0 Å². The molecule has 2 amide bonds. The second kappa shape index (κ2) is 7.82. The van der Waals surface area contributed by atoms with Crippen molar-refractivity contribution in [3.8, 4) is 0 Å². The van der Waals surface area contributed by atoms with Crippen molar-refractivity contribution in [2.24, 2.45) is 11.8 Å². The molecule has 1 saturated heterocycles. The number of hydrogen-bond donors (Lipinski definition) is 0. The summed E-state index contributed by atoms with van der Waals surface area (Å²) < 4.78 is 0. The monoisotopic (exact) mass is 430 g/mol. The van der Waals surface area contributed by atoms with Crippen LogP contribution in [0.25, 0.3) is 10.9 Å². The van der Waals surface area contributed by atoms with Crippen molar-refractivity contribution >= 4 is 28.4 Å². The molecular formula is C29H22N2O2. The van der Waals surface area contributed by atoms with Gasteiger partial charge in [-0.3, -0.25) is 14.6 Å². The summed E-state index contributed by atoms with van der Waals surface area (Å²) in [6.45, 7) is 0. The number of carbonyl (C=O) groups is 2. The number of pyridine rings is 1. The van der Waals surface area contributed by atoms with Crippen LogP contribution in [0.1, 0.15) is 23.0 Å². The fourth-order valence-corrected chi connectivity index (χ4v) is 5.44. The SMILES string of the molecule is O=C1[C@H]2[C@H](C(=O)N1c1cccc3cccnc13)[C@H](c1ccccc1)C=C[C@@H]2c1ccccc1. The average Bonchev–Trinajstić information content (AvgIpc) is 3.14. The van der Waals surface area contributed by atoms with E-state index >= 15 is 0 Å². The highest BCUT2D eigenvalue weighted by Gasteiger charge is 2.55. The Balaban J connectivity index is 1.52. The van der Waals surface area contributed by atoms with Crippen LogP contribution >= 0.6 is 0 Å². The first kappa shape index (κ1) is 19.6. The summed E-state index contributed by atoms with van der Waals surface area (Å²) in [7, 11) is 0. The Morgan fingerprint density at radius 2 is 1.15 bits per heavy atom. The van der Waals surface area contributed by atoms with Gasteiger partial charge < -0.3 is 0 Å². The molecule has 4 nitrogen and oxygen atoms in total. The number of nitrogens with zero attached hydrogens (tertiary/aromatic N) is 2. The van der Waals surface area contributed by atoms with Gasteiger partial charge in [0.25, 0.3) is 0 Å². The number of imide groups is 1. The Kier molecular flexibility index (Phi) is 4.65. The molecule has 0 unspecified atom stereocenters. The quantitative estimate of drug-likeness (QED) is 0.320. The number of amides is 2. The van der Waals surface area contributed by atoms with Gasteiger partial charge in [-0.1, -0.05) is 91.0 Å². The number of allylic oxidation sites excluding steroid dienone is 2. The van der Waals surface area contributed by atoms with E-state index in [1.807, 2.05) is 91.0 Å². The molecule has 0 radical (unpaired) electrons. The molecule has 1 aliphatic heterocycles. The van der Waals surface area contributed by atoms with Crippen LogP contribution in [-0.2, 0) is 9.59 Å². The molecule has 1 fully saturated rings. The number of benzene rings is 3. The summed E-state index contributed by atoms with van der Waals surface area (Å²) in [6.07, 6.45) is 5.93. The van der Waals surface area contributed by atoms with Gasteiger partial charge in [-0.2, -0.15) is 0 Å². The van der Waals surface area contributed by atoms with E-state index < -0.39 is 11.8 Å². The minimum absolute atomic E-state index is 0.151. The molecule has 1 aromatic heterocycles. The van der Waals surface area contributed by atoms with Crippen LogP contribution in [0.4, 0.5) is 5.69 Å². The normalized spacial score (nSPS) is 24.3. The van der Waals surface area contributed by atoms with E-state index in [0.717, 1.165) is 16.5 Å². The number of anilines is 1. The minimum atomic E-state index is -0.464. The highest BCUT2D eigenvalue weighted by atomic mass is 16.2. The third-order valence-corrected chi connectivity index (χ3v) is 6.92. The summed E-state index contributed by atoms with van der Waals surface area (Å²) in [5.74, 6) is -1.53. The lowest BCUT2D eigenvalue weighted by Crippen LogP contribution is -2.32. The molecule has 4 heteroatoms. The Morgan fingerprint density at radius 3 is 1.73 bits per heavy atom. The fourth-order valence-electron chi connectivity index (χ4n) is 5.44. The Bertz CT molecular complexity index is 1310. The molecule has 2 heterocycles. The van der Waals surface area contributed by atoms with Gasteiger partial charge in [0.2, 0.25) is 11.8 Å². The molecule has 3 aromatic carbocycles. The highest BCUT2D eigenvalue weighted by molar-refractivity contribution is 6.25. The second-order valence-corrected chi connectivity index (χ2v) is 8.67. The average molecular weight is 431 g/mol. The number of fused-ring (bicyclic) bond motifs is 2. The maximum absolute atomic E-state index is 14.0. The topological polar surface area (TPSA) is 50.3 Å². The van der Waals surface area contributed by atoms with Gasteiger partial charge in [-0.15, -0.1) is 0 Å². The van der Waals surface area contributed by atoms with E-state index in [1.54, 1.807) is 6.20 Å². The number of para-hydroxylation sites is 1. The number of hydrogen-bond acceptors (Lipinski definition) is 3. The number of rotatable bonds is 3. The van der Waals surface area contributed by atoms with Crippen molar-refractivity contribution in [3.63, 3.8) is 0 Å². The first-order valence-electron chi connectivity index (χ1n) is 11.2. The van der Waals surface area contributed by atoms with Crippen LogP contribution < -0.4 is 4.90 Å². The van der Waals surface area contributed by atoms with E-state index in [9.17, 15) is 9.59 Å². The van der Waals surface area contributed by atoms with Gasteiger partial charge in [0, 0.05) is 23.4 Å². The molecular weight excluding hydrogens is 408 g/mol. The lowest BCUT2D eigenvalue weighted by molar-refractivity contribution is -0.122. The predicted octanol–water partition coefficient (Wildman–Crippen LogP) is 5.48. The van der Waals surface area contributed by atoms with Crippen LogP contribution in [0.3, 0.4) is 0 Å². The second-order valence-electron chi connectivity index (χ2n) is 8.67. The molecule has 2 aliphatic rings. The Labute approximate surface area is 192 Å². The van der Waals surface area contributed by atoms with E-state index in [-0.39, 0.29) is 23.7 Å². The maximum atomic E-state index is 14.0. The third-order valence-electron chi connectivity index (χ3n) is 6.92. The molecule has 4 aromatic rings. The van der Waals surface area contributed by atoms with Gasteiger partial charge in [0.05, 0.1) is 23.0 Å². The molecule has 0 spiro atoms. The molecule has 33 heavy (non-hydrogen) atoms. The molecule has 4 atom stereocenters. The summed E-state index contributed by atoms with van der Waals surface area (Å²) >= 11 is 0. The Hall–Kier alpha value is -4.05. The van der Waals surface area contributed by atoms with Crippen molar-refractivity contribution < 1.29 is 9.59 Å². The van der Waals surface area contributed by atoms with E-state index in [1.165, 1.54) is 4.90 Å². The summed E-state index contributed by atoms with van der Waals surface area (Å²) in [4.78, 5) is 33.9. The van der Waals surface area contributed by atoms with E-state index in [0.29, 0.717) is 11.2 Å². The van der Waals surface area contributed by atoms with Crippen molar-refractivity contribution in [2.75, 3.05) is 4.90 Å². The Morgan fingerprint density at radius 1 is 0.606 bits per heavy atom. The van der Waals surface area contributed by atoms with Crippen molar-refractivity contribution in [3.05, 3.63) is 120 Å². The molecule has 0 bridgehead atoms. The summed E-state index contributed by atoms with van der Waals surface area (Å²) in [5.41, 5.74) is 3.33. The zero-order valence-corrected chi connectivity index (χ0v) is 17.9. The molecule has 6 rings (SSSR count). The van der Waals surface area contributed by atoms with Crippen LogP contribution in [0.5, 0.6) is 0 Å². The van der Waals surface area contributed by atoms with Gasteiger partial charge in [-0.25, -0.2) is 4.90 Å². The zero-order valence-electron chi connectivity index (χ0n) is 17.9. The number of carbonyl (C=O) groups excluding carboxylic acids is 2. The van der Waals surface area contributed by atoms with Crippen molar-refractivity contribution in [2.45, 2.75) is 11.8 Å². The molecule has 0 saturated carbocycles. The lowest BCUT2D eigenvalue weighted by atomic mass is 9.68. The molecule has 160 valence electrons. The van der Waals surface area contributed by atoms with Gasteiger partial charge >= 0.3 is 0 Å². The van der Waals surface area contributed by atoms with Gasteiger partial charge in [0.15, 0.2) is 0 Å². The predicted molar refractivity (Wildman–Crippen MR) is 129 cm³/mol. The zero-order chi connectivity index (χ0) is 22.4. The van der Waals surface area contributed by atoms with Crippen molar-refractivity contribution in [1.82, 2.24) is 4.98 Å². The lowest BCUT2D eigenvalue weighted by Gasteiger charge is -2.32. The van der Waals surface area contributed by atoms with E-state index in [4.69, 9.17) is 0 Å². The largest absolute Gasteiger partial charge is 0.274 e. The van der Waals surface area contributed by atoms with Crippen LogP contribution in [0.2, 0.25) is 0 Å². The third kappa shape index (κ3) is 3.10. The first-order valence-corrected chi connectivity index (χ1v) is 11.2. The first-order chi connectivity index (χ1) is 16.2.